The highest BCUT2D eigenvalue weighted by Crippen LogP contribution is 2.28. The van der Waals surface area contributed by atoms with Crippen LogP contribution in [0.15, 0.2) is 64.5 Å². The van der Waals surface area contributed by atoms with Gasteiger partial charge >= 0.3 is 0 Å². The Labute approximate surface area is 177 Å². The van der Waals surface area contributed by atoms with Crippen LogP contribution in [0.2, 0.25) is 0 Å². The summed E-state index contributed by atoms with van der Waals surface area (Å²) in [6.07, 6.45) is 0.246. The van der Waals surface area contributed by atoms with E-state index in [4.69, 9.17) is 4.74 Å². The standard InChI is InChI=1S/C22H21BrN2O2S/c1-15-12-25(13-20(27-15)16-6-3-2-4-7-16)21(26)11-19-14-28-22(24-19)17-8-5-9-18(23)10-17/h2-10,14-15,20H,11-13H2,1H3. The predicted molar refractivity (Wildman–Crippen MR) is 115 cm³/mol. The Hall–Kier alpha value is -2.02. The molecular formula is C22H21BrN2O2S. The van der Waals surface area contributed by atoms with Crippen molar-refractivity contribution in [3.8, 4) is 10.6 Å². The molecule has 0 radical (unpaired) electrons. The van der Waals surface area contributed by atoms with Gasteiger partial charge in [0.15, 0.2) is 0 Å². The minimum atomic E-state index is -0.0819. The van der Waals surface area contributed by atoms with E-state index in [1.807, 2.05) is 59.7 Å². The molecule has 0 spiro atoms. The number of morpholine rings is 1. The van der Waals surface area contributed by atoms with Crippen LogP contribution < -0.4 is 0 Å². The molecule has 2 heterocycles. The number of nitrogens with zero attached hydrogens (tertiary/aromatic N) is 2. The number of benzene rings is 2. The lowest BCUT2D eigenvalue weighted by atomic mass is 10.1. The fraction of sp³-hybridized carbons (Fsp3) is 0.273. The Morgan fingerprint density at radius 3 is 2.82 bits per heavy atom. The van der Waals surface area contributed by atoms with Gasteiger partial charge in [0, 0.05) is 22.0 Å². The average molecular weight is 457 g/mol. The molecule has 1 amide bonds. The normalized spacial score (nSPS) is 19.6. The van der Waals surface area contributed by atoms with Gasteiger partial charge in [0.1, 0.15) is 11.1 Å². The van der Waals surface area contributed by atoms with E-state index in [9.17, 15) is 4.79 Å². The number of hydrogen-bond donors (Lipinski definition) is 0. The van der Waals surface area contributed by atoms with Crippen molar-refractivity contribution in [2.45, 2.75) is 25.6 Å². The fourth-order valence-corrected chi connectivity index (χ4v) is 4.63. The van der Waals surface area contributed by atoms with E-state index in [2.05, 4.69) is 33.0 Å². The third kappa shape index (κ3) is 4.51. The Morgan fingerprint density at radius 1 is 1.21 bits per heavy atom. The smallest absolute Gasteiger partial charge is 0.228 e. The summed E-state index contributed by atoms with van der Waals surface area (Å²) in [7, 11) is 0. The van der Waals surface area contributed by atoms with Gasteiger partial charge in [0.05, 0.1) is 24.8 Å². The van der Waals surface area contributed by atoms with Gasteiger partial charge in [-0.2, -0.15) is 0 Å². The van der Waals surface area contributed by atoms with Gasteiger partial charge < -0.3 is 9.64 Å². The minimum absolute atomic E-state index is 0.00979. The third-order valence-corrected chi connectivity index (χ3v) is 6.17. The molecule has 2 unspecified atom stereocenters. The van der Waals surface area contributed by atoms with Crippen LogP contribution in [0, 0.1) is 0 Å². The molecule has 144 valence electrons. The van der Waals surface area contributed by atoms with Crippen LogP contribution in [0.25, 0.3) is 10.6 Å². The van der Waals surface area contributed by atoms with E-state index >= 15 is 0 Å². The van der Waals surface area contributed by atoms with E-state index in [0.29, 0.717) is 19.5 Å². The van der Waals surface area contributed by atoms with E-state index in [-0.39, 0.29) is 18.1 Å². The van der Waals surface area contributed by atoms with E-state index < -0.39 is 0 Å². The van der Waals surface area contributed by atoms with E-state index in [1.165, 1.54) is 0 Å². The molecule has 3 aromatic rings. The molecule has 1 aliphatic rings. The number of hydrogen-bond acceptors (Lipinski definition) is 4. The molecule has 28 heavy (non-hydrogen) atoms. The summed E-state index contributed by atoms with van der Waals surface area (Å²) < 4.78 is 7.08. The monoisotopic (exact) mass is 456 g/mol. The maximum Gasteiger partial charge on any atom is 0.228 e. The first-order valence-corrected chi connectivity index (χ1v) is 10.9. The second-order valence-electron chi connectivity index (χ2n) is 6.98. The topological polar surface area (TPSA) is 42.4 Å². The Balaban J connectivity index is 1.44. The zero-order valence-electron chi connectivity index (χ0n) is 15.5. The molecule has 0 aliphatic carbocycles. The molecular weight excluding hydrogens is 436 g/mol. The number of ether oxygens (including phenoxy) is 1. The molecule has 2 atom stereocenters. The Kier molecular flexibility index (Phi) is 5.90. The van der Waals surface area contributed by atoms with Gasteiger partial charge in [-0.15, -0.1) is 11.3 Å². The van der Waals surface area contributed by atoms with Crippen LogP contribution >= 0.6 is 27.3 Å². The summed E-state index contributed by atoms with van der Waals surface area (Å²) in [5.74, 6) is 0.0992. The number of carbonyl (C=O) groups excluding carboxylic acids is 1. The second kappa shape index (κ2) is 8.55. The van der Waals surface area contributed by atoms with Crippen molar-refractivity contribution in [2.24, 2.45) is 0 Å². The third-order valence-electron chi connectivity index (χ3n) is 4.74. The first-order valence-electron chi connectivity index (χ1n) is 9.27. The predicted octanol–water partition coefficient (Wildman–Crippen LogP) is 5.10. The molecule has 6 heteroatoms. The number of carbonyl (C=O) groups is 1. The molecule has 2 aromatic carbocycles. The van der Waals surface area contributed by atoms with Crippen molar-refractivity contribution in [1.82, 2.24) is 9.88 Å². The van der Waals surface area contributed by atoms with Crippen LogP contribution in [0.3, 0.4) is 0 Å². The van der Waals surface area contributed by atoms with Crippen molar-refractivity contribution in [3.05, 3.63) is 75.7 Å². The van der Waals surface area contributed by atoms with Gasteiger partial charge in [-0.3, -0.25) is 4.79 Å². The van der Waals surface area contributed by atoms with Crippen molar-refractivity contribution in [2.75, 3.05) is 13.1 Å². The highest BCUT2D eigenvalue weighted by molar-refractivity contribution is 9.10. The summed E-state index contributed by atoms with van der Waals surface area (Å²) >= 11 is 5.06. The van der Waals surface area contributed by atoms with Gasteiger partial charge in [-0.1, -0.05) is 58.4 Å². The molecule has 1 aliphatic heterocycles. The maximum atomic E-state index is 12.9. The second-order valence-corrected chi connectivity index (χ2v) is 8.75. The number of thiazole rings is 1. The van der Waals surface area contributed by atoms with Crippen LogP contribution in [-0.2, 0) is 16.0 Å². The Bertz CT molecular complexity index is 960. The van der Waals surface area contributed by atoms with Crippen molar-refractivity contribution in [3.63, 3.8) is 0 Å². The van der Waals surface area contributed by atoms with Crippen LogP contribution in [-0.4, -0.2) is 35.0 Å². The zero-order valence-corrected chi connectivity index (χ0v) is 17.9. The SMILES string of the molecule is CC1CN(C(=O)Cc2csc(-c3cccc(Br)c3)n2)CC(c2ccccc2)O1. The lowest BCUT2D eigenvalue weighted by Crippen LogP contribution is -2.46. The molecule has 0 saturated carbocycles. The lowest BCUT2D eigenvalue weighted by Gasteiger charge is -2.37. The Morgan fingerprint density at radius 2 is 2.04 bits per heavy atom. The molecule has 1 fully saturated rings. The number of halogens is 1. The molecule has 0 bridgehead atoms. The lowest BCUT2D eigenvalue weighted by molar-refractivity contribution is -0.144. The summed E-state index contributed by atoms with van der Waals surface area (Å²) in [4.78, 5) is 19.5. The zero-order chi connectivity index (χ0) is 19.5. The largest absolute Gasteiger partial charge is 0.367 e. The molecule has 1 saturated heterocycles. The highest BCUT2D eigenvalue weighted by atomic mass is 79.9. The van der Waals surface area contributed by atoms with E-state index in [1.54, 1.807) is 11.3 Å². The van der Waals surface area contributed by atoms with Crippen molar-refractivity contribution < 1.29 is 9.53 Å². The quantitative estimate of drug-likeness (QED) is 0.547. The molecule has 4 rings (SSSR count). The van der Waals surface area contributed by atoms with Crippen molar-refractivity contribution in [1.29, 1.82) is 0 Å². The van der Waals surface area contributed by atoms with Crippen LogP contribution in [0.4, 0.5) is 0 Å². The fourth-order valence-electron chi connectivity index (χ4n) is 3.42. The van der Waals surface area contributed by atoms with E-state index in [0.717, 1.165) is 26.3 Å². The van der Waals surface area contributed by atoms with Gasteiger partial charge in [-0.25, -0.2) is 4.98 Å². The average Bonchev–Trinajstić information content (AvgIpc) is 3.17. The highest BCUT2D eigenvalue weighted by Gasteiger charge is 2.29. The first-order chi connectivity index (χ1) is 13.6. The summed E-state index contributed by atoms with van der Waals surface area (Å²) in [5.41, 5.74) is 2.99. The number of rotatable bonds is 4. The van der Waals surface area contributed by atoms with Crippen LogP contribution in [0.5, 0.6) is 0 Å². The van der Waals surface area contributed by atoms with Gasteiger partial charge in [0.25, 0.3) is 0 Å². The maximum absolute atomic E-state index is 12.9. The molecule has 4 nitrogen and oxygen atoms in total. The van der Waals surface area contributed by atoms with Gasteiger partial charge in [-0.05, 0) is 24.6 Å². The molecule has 0 N–H and O–H groups in total. The summed E-state index contributed by atoms with van der Waals surface area (Å²) in [5, 5.41) is 2.91. The summed E-state index contributed by atoms with van der Waals surface area (Å²) in [6, 6.07) is 18.2. The molecule has 1 aromatic heterocycles. The first kappa shape index (κ1) is 19.3. The number of amides is 1. The number of aromatic nitrogens is 1. The minimum Gasteiger partial charge on any atom is -0.367 e. The van der Waals surface area contributed by atoms with Crippen LogP contribution in [0.1, 0.15) is 24.3 Å². The van der Waals surface area contributed by atoms with Crippen molar-refractivity contribution >= 4 is 33.2 Å². The van der Waals surface area contributed by atoms with Gasteiger partial charge in [0.2, 0.25) is 5.91 Å². The summed E-state index contributed by atoms with van der Waals surface area (Å²) in [6.45, 7) is 3.21.